The topological polar surface area (TPSA) is 134 Å². The van der Waals surface area contributed by atoms with Crippen molar-refractivity contribution in [3.05, 3.63) is 86.7 Å². The summed E-state index contributed by atoms with van der Waals surface area (Å²) in [5.74, 6) is 1.57. The molecule has 0 saturated carbocycles. The van der Waals surface area contributed by atoms with Crippen LogP contribution < -0.4 is 16.0 Å². The molecule has 4 heterocycles. The van der Waals surface area contributed by atoms with Crippen LogP contribution in [0.15, 0.2) is 68.8 Å². The Bertz CT molecular complexity index is 1580. The second-order valence-electron chi connectivity index (χ2n) is 7.96. The average molecular weight is 508 g/mol. The third-order valence-corrected chi connectivity index (χ3v) is 5.72. The molecule has 12 heteroatoms. The lowest BCUT2D eigenvalue weighted by Crippen LogP contribution is -2.41. The third-order valence-electron chi connectivity index (χ3n) is 5.54. The van der Waals surface area contributed by atoms with E-state index in [1.165, 1.54) is 9.13 Å². The number of hydrogen-bond donors (Lipinski definition) is 1. The van der Waals surface area contributed by atoms with Crippen LogP contribution in [0, 0.1) is 0 Å². The molecule has 0 aliphatic rings. The SMILES string of the molecule is O=c1c2[nH]c(Cl)nc2n(CCOc2ccccc2)c(=O)n1CCCCc1nc(-c2ccccn2)no1. The minimum Gasteiger partial charge on any atom is -0.492 e. The highest BCUT2D eigenvalue weighted by Gasteiger charge is 2.17. The van der Waals surface area contributed by atoms with Gasteiger partial charge in [-0.3, -0.25) is 18.9 Å². The van der Waals surface area contributed by atoms with E-state index in [9.17, 15) is 9.59 Å². The number of nitrogens with one attached hydrogen (secondary N) is 1. The van der Waals surface area contributed by atoms with Crippen LogP contribution in [0.25, 0.3) is 22.7 Å². The zero-order chi connectivity index (χ0) is 24.9. The number of H-pyrrole nitrogens is 1. The molecule has 0 atom stereocenters. The van der Waals surface area contributed by atoms with Crippen molar-refractivity contribution in [1.82, 2.24) is 34.2 Å². The van der Waals surface area contributed by atoms with Gasteiger partial charge in [-0.2, -0.15) is 9.97 Å². The van der Waals surface area contributed by atoms with Crippen LogP contribution in [-0.2, 0) is 19.5 Å². The summed E-state index contributed by atoms with van der Waals surface area (Å²) in [6.45, 7) is 0.631. The van der Waals surface area contributed by atoms with E-state index < -0.39 is 11.2 Å². The van der Waals surface area contributed by atoms with Gasteiger partial charge in [0.2, 0.25) is 17.0 Å². The third kappa shape index (κ3) is 5.05. The van der Waals surface area contributed by atoms with Crippen molar-refractivity contribution in [3.63, 3.8) is 0 Å². The number of para-hydroxylation sites is 1. The standard InChI is InChI=1S/C24H22ClN7O4/c25-23-28-19-21(29-23)31(14-15-35-16-8-2-1-3-9-16)24(34)32(22(19)33)13-7-5-11-18-27-20(30-36-18)17-10-4-6-12-26-17/h1-4,6,8-10,12H,5,7,11,13-15H2,(H,28,29). The molecule has 0 spiro atoms. The number of aryl methyl sites for hydroxylation is 1. The molecule has 1 N–H and O–H groups in total. The van der Waals surface area contributed by atoms with Crippen molar-refractivity contribution in [3.8, 4) is 17.3 Å². The summed E-state index contributed by atoms with van der Waals surface area (Å²) in [6, 6.07) is 14.7. The summed E-state index contributed by atoms with van der Waals surface area (Å²) in [5, 5.41) is 4.00. The van der Waals surface area contributed by atoms with E-state index in [1.807, 2.05) is 42.5 Å². The fraction of sp³-hybridized carbons (Fsp3) is 0.250. The predicted molar refractivity (Wildman–Crippen MR) is 132 cm³/mol. The van der Waals surface area contributed by atoms with Crippen LogP contribution in [0.5, 0.6) is 5.75 Å². The van der Waals surface area contributed by atoms with Gasteiger partial charge in [0.25, 0.3) is 5.56 Å². The Balaban J connectivity index is 1.27. The number of hydrogen-bond acceptors (Lipinski definition) is 8. The van der Waals surface area contributed by atoms with Crippen molar-refractivity contribution < 1.29 is 9.26 Å². The Kier molecular flexibility index (Phi) is 6.89. The van der Waals surface area contributed by atoms with Gasteiger partial charge in [-0.15, -0.1) is 0 Å². The molecule has 1 aromatic carbocycles. The summed E-state index contributed by atoms with van der Waals surface area (Å²) < 4.78 is 13.6. The van der Waals surface area contributed by atoms with Crippen LogP contribution in [0.2, 0.25) is 5.28 Å². The van der Waals surface area contributed by atoms with Crippen LogP contribution in [0.3, 0.4) is 0 Å². The summed E-state index contributed by atoms with van der Waals surface area (Å²) in [5.41, 5.74) is 0.0711. The first-order valence-electron chi connectivity index (χ1n) is 11.4. The molecular weight excluding hydrogens is 486 g/mol. The molecule has 5 rings (SSSR count). The van der Waals surface area contributed by atoms with E-state index in [4.69, 9.17) is 20.9 Å². The quantitative estimate of drug-likeness (QED) is 0.225. The summed E-state index contributed by atoms with van der Waals surface area (Å²) in [6.07, 6.45) is 3.35. The second kappa shape index (κ2) is 10.6. The van der Waals surface area contributed by atoms with E-state index in [-0.39, 0.29) is 36.1 Å². The van der Waals surface area contributed by atoms with E-state index in [2.05, 4.69) is 25.1 Å². The van der Waals surface area contributed by atoms with Crippen molar-refractivity contribution in [1.29, 1.82) is 0 Å². The molecule has 0 fully saturated rings. The molecule has 5 aromatic rings. The number of unbranched alkanes of at least 4 members (excludes halogenated alkanes) is 1. The van der Waals surface area contributed by atoms with E-state index in [1.54, 1.807) is 12.3 Å². The molecule has 0 saturated heterocycles. The molecule has 11 nitrogen and oxygen atoms in total. The molecule has 0 radical (unpaired) electrons. The van der Waals surface area contributed by atoms with Crippen molar-refractivity contribution in [2.45, 2.75) is 32.4 Å². The monoisotopic (exact) mass is 507 g/mol. The number of benzene rings is 1. The van der Waals surface area contributed by atoms with Crippen LogP contribution in [0.4, 0.5) is 0 Å². The second-order valence-corrected chi connectivity index (χ2v) is 8.32. The van der Waals surface area contributed by atoms with Gasteiger partial charge >= 0.3 is 5.69 Å². The van der Waals surface area contributed by atoms with Gasteiger partial charge in [0, 0.05) is 19.2 Å². The van der Waals surface area contributed by atoms with E-state index in [0.29, 0.717) is 42.4 Å². The largest absolute Gasteiger partial charge is 0.492 e. The highest BCUT2D eigenvalue weighted by Crippen LogP contribution is 2.14. The highest BCUT2D eigenvalue weighted by atomic mass is 35.5. The lowest BCUT2D eigenvalue weighted by Gasteiger charge is -2.12. The van der Waals surface area contributed by atoms with Crippen molar-refractivity contribution in [2.24, 2.45) is 0 Å². The maximum absolute atomic E-state index is 13.2. The fourth-order valence-electron chi connectivity index (χ4n) is 3.81. The molecule has 0 aliphatic carbocycles. The van der Waals surface area contributed by atoms with Gasteiger partial charge in [-0.25, -0.2) is 4.79 Å². The minimum atomic E-state index is -0.470. The molecular formula is C24H22ClN7O4. The summed E-state index contributed by atoms with van der Waals surface area (Å²) in [7, 11) is 0. The number of rotatable bonds is 10. The maximum Gasteiger partial charge on any atom is 0.332 e. The highest BCUT2D eigenvalue weighted by molar-refractivity contribution is 6.28. The number of aromatic amines is 1. The van der Waals surface area contributed by atoms with Crippen molar-refractivity contribution >= 4 is 22.8 Å². The Hall–Kier alpha value is -4.25. The van der Waals surface area contributed by atoms with Gasteiger partial charge in [-0.1, -0.05) is 29.4 Å². The Morgan fingerprint density at radius 3 is 2.61 bits per heavy atom. The van der Waals surface area contributed by atoms with Gasteiger partial charge in [-0.05, 0) is 48.7 Å². The number of ether oxygens (including phenoxy) is 1. The minimum absolute atomic E-state index is 0.0390. The zero-order valence-corrected chi connectivity index (χ0v) is 19.9. The first-order valence-corrected chi connectivity index (χ1v) is 11.8. The molecule has 4 aromatic heterocycles. The zero-order valence-electron chi connectivity index (χ0n) is 19.1. The van der Waals surface area contributed by atoms with Gasteiger partial charge in [0.15, 0.2) is 11.2 Å². The Morgan fingerprint density at radius 2 is 1.81 bits per heavy atom. The summed E-state index contributed by atoms with van der Waals surface area (Å²) in [4.78, 5) is 41.6. The number of aromatic nitrogens is 7. The predicted octanol–water partition coefficient (Wildman–Crippen LogP) is 3.09. The lowest BCUT2D eigenvalue weighted by atomic mass is 10.2. The Morgan fingerprint density at radius 1 is 0.972 bits per heavy atom. The van der Waals surface area contributed by atoms with Crippen LogP contribution in [-0.4, -0.2) is 40.8 Å². The number of pyridine rings is 1. The number of halogens is 1. The molecule has 0 bridgehead atoms. The number of imidazole rings is 1. The van der Waals surface area contributed by atoms with Crippen LogP contribution in [0.1, 0.15) is 18.7 Å². The normalized spacial score (nSPS) is 11.2. The summed E-state index contributed by atoms with van der Waals surface area (Å²) >= 11 is 6.01. The first-order chi connectivity index (χ1) is 17.6. The number of nitrogens with zero attached hydrogens (tertiary/aromatic N) is 6. The van der Waals surface area contributed by atoms with Crippen LogP contribution >= 0.6 is 11.6 Å². The lowest BCUT2D eigenvalue weighted by molar-refractivity contribution is 0.295. The fourth-order valence-corrected chi connectivity index (χ4v) is 3.98. The Labute approximate surface area is 209 Å². The first kappa shape index (κ1) is 23.5. The maximum atomic E-state index is 13.2. The smallest absolute Gasteiger partial charge is 0.332 e. The molecule has 184 valence electrons. The van der Waals surface area contributed by atoms with Gasteiger partial charge in [0.1, 0.15) is 18.1 Å². The molecule has 0 amide bonds. The molecule has 0 unspecified atom stereocenters. The van der Waals surface area contributed by atoms with E-state index in [0.717, 1.165) is 0 Å². The average Bonchev–Trinajstić information content (AvgIpc) is 3.53. The van der Waals surface area contributed by atoms with Gasteiger partial charge in [0.05, 0.1) is 6.54 Å². The number of fused-ring (bicyclic) bond motifs is 1. The molecule has 0 aliphatic heterocycles. The van der Waals surface area contributed by atoms with E-state index >= 15 is 0 Å². The molecule has 36 heavy (non-hydrogen) atoms. The van der Waals surface area contributed by atoms with Crippen molar-refractivity contribution in [2.75, 3.05) is 6.61 Å². The van der Waals surface area contributed by atoms with Gasteiger partial charge < -0.3 is 14.2 Å².